The molecular formula is C12H18N4O. The van der Waals surface area contributed by atoms with Gasteiger partial charge in [-0.2, -0.15) is 0 Å². The number of aliphatic hydroxyl groups is 1. The number of hydrogen-bond donors (Lipinski definition) is 2. The minimum Gasteiger partial charge on any atom is -0.396 e. The second-order valence-electron chi connectivity index (χ2n) is 3.67. The molecular weight excluding hydrogens is 216 g/mol. The van der Waals surface area contributed by atoms with Crippen LogP contribution in [0.4, 0.5) is 5.69 Å². The lowest BCUT2D eigenvalue weighted by Gasteiger charge is -2.08. The molecule has 0 saturated carbocycles. The van der Waals surface area contributed by atoms with Gasteiger partial charge in [-0.15, -0.1) is 0 Å². The first-order valence-corrected chi connectivity index (χ1v) is 5.51. The fraction of sp³-hybridized carbons (Fsp3) is 0.417. The number of nitrogens with one attached hydrogen (secondary N) is 1. The van der Waals surface area contributed by atoms with Crippen molar-refractivity contribution >= 4 is 11.4 Å². The smallest absolute Gasteiger partial charge is 0.115 e. The Hall–Kier alpha value is -1.75. The van der Waals surface area contributed by atoms with Crippen molar-refractivity contribution in [1.29, 1.82) is 0 Å². The van der Waals surface area contributed by atoms with E-state index in [2.05, 4.69) is 26.9 Å². The normalized spacial score (nSPS) is 11.4. The van der Waals surface area contributed by atoms with Gasteiger partial charge in [-0.3, -0.25) is 0 Å². The third kappa shape index (κ3) is 4.32. The topological polar surface area (TPSA) is 70.4 Å². The van der Waals surface area contributed by atoms with Gasteiger partial charge in [0.25, 0.3) is 0 Å². The van der Waals surface area contributed by atoms with Crippen molar-refractivity contribution in [3.63, 3.8) is 0 Å². The third-order valence-electron chi connectivity index (χ3n) is 2.28. The van der Waals surface area contributed by atoms with E-state index < -0.39 is 0 Å². The Balaban J connectivity index is 2.66. The van der Waals surface area contributed by atoms with E-state index in [-0.39, 0.29) is 6.61 Å². The van der Waals surface area contributed by atoms with Crippen LogP contribution in [-0.2, 0) is 0 Å². The largest absolute Gasteiger partial charge is 0.396 e. The number of rotatable bonds is 6. The Bertz CT molecular complexity index is 415. The number of aromatic nitrogens is 2. The maximum Gasteiger partial charge on any atom is 0.115 e. The summed E-state index contributed by atoms with van der Waals surface area (Å²) in [6.45, 7) is 8.50. The van der Waals surface area contributed by atoms with Crippen LogP contribution in [0.1, 0.15) is 19.0 Å². The molecule has 0 aromatic carbocycles. The predicted molar refractivity (Wildman–Crippen MR) is 68.4 cm³/mol. The zero-order valence-corrected chi connectivity index (χ0v) is 10.3. The summed E-state index contributed by atoms with van der Waals surface area (Å²) in [7, 11) is 0. The molecule has 0 aliphatic heterocycles. The van der Waals surface area contributed by atoms with Gasteiger partial charge in [-0.05, 0) is 20.3 Å². The average Bonchev–Trinajstić information content (AvgIpc) is 2.32. The number of aliphatic hydroxyl groups excluding tert-OH is 1. The molecule has 0 spiro atoms. The standard InChI is InChI=1S/C12H18N4O/c1-9(14-5-4-6-17)10(2)16-12-7-13-8-15-11(12)3/h7-8,14,17H,1,4-6H2,2-3H3. The van der Waals surface area contributed by atoms with Gasteiger partial charge in [0.05, 0.1) is 17.6 Å². The van der Waals surface area contributed by atoms with Crippen molar-refractivity contribution in [3.05, 3.63) is 30.5 Å². The summed E-state index contributed by atoms with van der Waals surface area (Å²) in [5.41, 5.74) is 3.13. The van der Waals surface area contributed by atoms with Crippen LogP contribution in [0.5, 0.6) is 0 Å². The molecule has 0 unspecified atom stereocenters. The van der Waals surface area contributed by atoms with E-state index in [1.54, 1.807) is 6.20 Å². The molecule has 0 bridgehead atoms. The van der Waals surface area contributed by atoms with E-state index in [1.807, 2.05) is 13.8 Å². The first-order valence-electron chi connectivity index (χ1n) is 5.51. The fourth-order valence-corrected chi connectivity index (χ4v) is 1.19. The second kappa shape index (κ2) is 6.75. The van der Waals surface area contributed by atoms with E-state index in [0.717, 1.165) is 22.8 Å². The maximum absolute atomic E-state index is 8.67. The van der Waals surface area contributed by atoms with Gasteiger partial charge >= 0.3 is 0 Å². The van der Waals surface area contributed by atoms with E-state index in [4.69, 9.17) is 5.11 Å². The molecule has 1 aromatic heterocycles. The van der Waals surface area contributed by atoms with Crippen LogP contribution in [-0.4, -0.2) is 33.9 Å². The summed E-state index contributed by atoms with van der Waals surface area (Å²) in [5, 5.41) is 11.8. The summed E-state index contributed by atoms with van der Waals surface area (Å²) in [6.07, 6.45) is 3.87. The van der Waals surface area contributed by atoms with Crippen molar-refractivity contribution < 1.29 is 5.11 Å². The molecule has 0 radical (unpaired) electrons. The van der Waals surface area contributed by atoms with Crippen LogP contribution in [0.25, 0.3) is 0 Å². The van der Waals surface area contributed by atoms with Gasteiger partial charge in [0.2, 0.25) is 0 Å². The van der Waals surface area contributed by atoms with Crippen molar-refractivity contribution in [3.8, 4) is 0 Å². The molecule has 5 nitrogen and oxygen atoms in total. The van der Waals surface area contributed by atoms with E-state index >= 15 is 0 Å². The maximum atomic E-state index is 8.67. The molecule has 5 heteroatoms. The first kappa shape index (κ1) is 13.3. The molecule has 17 heavy (non-hydrogen) atoms. The van der Waals surface area contributed by atoms with Crippen LogP contribution < -0.4 is 5.32 Å². The van der Waals surface area contributed by atoms with Gasteiger partial charge in [0.15, 0.2) is 0 Å². The van der Waals surface area contributed by atoms with Crippen LogP contribution in [0, 0.1) is 6.92 Å². The SMILES string of the molecule is C=C(NCCCO)C(C)=Nc1cncnc1C. The van der Waals surface area contributed by atoms with Crippen LogP contribution in [0.2, 0.25) is 0 Å². The number of aryl methyl sites for hydroxylation is 1. The van der Waals surface area contributed by atoms with E-state index in [1.165, 1.54) is 6.33 Å². The first-order chi connectivity index (χ1) is 8.15. The number of hydrogen-bond acceptors (Lipinski definition) is 5. The summed E-state index contributed by atoms with van der Waals surface area (Å²) < 4.78 is 0. The van der Waals surface area contributed by atoms with Gasteiger partial charge in [-0.25, -0.2) is 15.0 Å². The zero-order chi connectivity index (χ0) is 12.7. The van der Waals surface area contributed by atoms with Gasteiger partial charge in [0.1, 0.15) is 12.0 Å². The molecule has 0 amide bonds. The van der Waals surface area contributed by atoms with Crippen molar-refractivity contribution in [2.75, 3.05) is 13.2 Å². The number of aliphatic imine (C=N–C) groups is 1. The number of nitrogens with zero attached hydrogens (tertiary/aromatic N) is 3. The molecule has 1 rings (SSSR count). The molecule has 0 saturated heterocycles. The van der Waals surface area contributed by atoms with E-state index in [0.29, 0.717) is 13.0 Å². The molecule has 0 aliphatic rings. The fourth-order valence-electron chi connectivity index (χ4n) is 1.19. The summed E-state index contributed by atoms with van der Waals surface area (Å²) in [4.78, 5) is 12.4. The van der Waals surface area contributed by atoms with Crippen molar-refractivity contribution in [1.82, 2.24) is 15.3 Å². The zero-order valence-electron chi connectivity index (χ0n) is 10.3. The third-order valence-corrected chi connectivity index (χ3v) is 2.28. The highest BCUT2D eigenvalue weighted by atomic mass is 16.3. The molecule has 0 atom stereocenters. The Morgan fingerprint density at radius 3 is 3.00 bits per heavy atom. The minimum absolute atomic E-state index is 0.169. The van der Waals surface area contributed by atoms with Gasteiger partial charge < -0.3 is 10.4 Å². The Labute approximate surface area is 101 Å². The Morgan fingerprint density at radius 1 is 1.59 bits per heavy atom. The Kier molecular flexibility index (Phi) is 5.29. The molecule has 2 N–H and O–H groups in total. The van der Waals surface area contributed by atoms with Crippen LogP contribution in [0.15, 0.2) is 29.8 Å². The second-order valence-corrected chi connectivity index (χ2v) is 3.67. The predicted octanol–water partition coefficient (Wildman–Crippen LogP) is 1.36. The lowest BCUT2D eigenvalue weighted by atomic mass is 10.3. The highest BCUT2D eigenvalue weighted by Gasteiger charge is 2.01. The summed E-state index contributed by atoms with van der Waals surface area (Å²) >= 11 is 0. The Morgan fingerprint density at radius 2 is 2.35 bits per heavy atom. The molecule has 0 fully saturated rings. The molecule has 92 valence electrons. The lowest BCUT2D eigenvalue weighted by molar-refractivity contribution is 0.288. The number of allylic oxidation sites excluding steroid dienone is 1. The lowest BCUT2D eigenvalue weighted by Crippen LogP contribution is -2.19. The summed E-state index contributed by atoms with van der Waals surface area (Å²) in [6, 6.07) is 0. The summed E-state index contributed by atoms with van der Waals surface area (Å²) in [5.74, 6) is 0. The monoisotopic (exact) mass is 234 g/mol. The van der Waals surface area contributed by atoms with Gasteiger partial charge in [0, 0.05) is 18.8 Å². The van der Waals surface area contributed by atoms with Crippen molar-refractivity contribution in [2.45, 2.75) is 20.3 Å². The highest BCUT2D eigenvalue weighted by Crippen LogP contribution is 2.14. The van der Waals surface area contributed by atoms with Crippen molar-refractivity contribution in [2.24, 2.45) is 4.99 Å². The molecule has 1 aromatic rings. The molecule has 1 heterocycles. The minimum atomic E-state index is 0.169. The average molecular weight is 234 g/mol. The quantitative estimate of drug-likeness (QED) is 0.576. The van der Waals surface area contributed by atoms with E-state index in [9.17, 15) is 0 Å². The van der Waals surface area contributed by atoms with Crippen LogP contribution >= 0.6 is 0 Å². The highest BCUT2D eigenvalue weighted by molar-refractivity contribution is 5.98. The van der Waals surface area contributed by atoms with Gasteiger partial charge in [-0.1, -0.05) is 6.58 Å². The van der Waals surface area contributed by atoms with Crippen LogP contribution in [0.3, 0.4) is 0 Å². The molecule has 0 aliphatic carbocycles.